The van der Waals surface area contributed by atoms with Crippen LogP contribution in [0, 0.1) is 12.8 Å². The van der Waals surface area contributed by atoms with Gasteiger partial charge in [-0.3, -0.25) is 10.1 Å². The fourth-order valence-electron chi connectivity index (χ4n) is 1.91. The fraction of sp³-hybridized carbons (Fsp3) is 0.636. The predicted octanol–water partition coefficient (Wildman–Crippen LogP) is 1.31. The van der Waals surface area contributed by atoms with Crippen LogP contribution in [-0.2, 0) is 4.79 Å². The molecule has 1 aliphatic rings. The first-order valence-corrected chi connectivity index (χ1v) is 5.61. The van der Waals surface area contributed by atoms with Crippen LogP contribution in [0.2, 0.25) is 0 Å². The number of rotatable bonds is 2. The van der Waals surface area contributed by atoms with Gasteiger partial charge in [-0.2, -0.15) is 4.98 Å². The first-order chi connectivity index (χ1) is 7.65. The number of amides is 1. The van der Waals surface area contributed by atoms with Crippen molar-refractivity contribution in [1.82, 2.24) is 10.3 Å². The number of aryl methyl sites for hydroxylation is 1. The highest BCUT2D eigenvalue weighted by Crippen LogP contribution is 2.16. The van der Waals surface area contributed by atoms with Crippen LogP contribution in [0.3, 0.4) is 0 Å². The minimum Gasteiger partial charge on any atom is -0.432 e. The molecule has 2 atom stereocenters. The highest BCUT2D eigenvalue weighted by molar-refractivity contribution is 5.93. The van der Waals surface area contributed by atoms with Gasteiger partial charge in [-0.15, -0.1) is 0 Å². The van der Waals surface area contributed by atoms with Crippen LogP contribution in [0.25, 0.3) is 0 Å². The van der Waals surface area contributed by atoms with Crippen LogP contribution in [0.4, 0.5) is 6.01 Å². The zero-order valence-electron chi connectivity index (χ0n) is 9.62. The lowest BCUT2D eigenvalue weighted by Gasteiger charge is -2.26. The lowest BCUT2D eigenvalue weighted by Crippen LogP contribution is -2.45. The van der Waals surface area contributed by atoms with Crippen LogP contribution < -0.4 is 10.6 Å². The molecule has 0 aliphatic carbocycles. The number of nitrogens with zero attached hydrogens (tertiary/aromatic N) is 1. The Kier molecular flexibility index (Phi) is 3.24. The second kappa shape index (κ2) is 4.65. The molecule has 5 heteroatoms. The monoisotopic (exact) mass is 223 g/mol. The average molecular weight is 223 g/mol. The maximum Gasteiger partial charge on any atom is 0.301 e. The summed E-state index contributed by atoms with van der Waals surface area (Å²) in [4.78, 5) is 15.9. The van der Waals surface area contributed by atoms with Crippen molar-refractivity contribution in [3.63, 3.8) is 0 Å². The highest BCUT2D eigenvalue weighted by atomic mass is 16.4. The van der Waals surface area contributed by atoms with Crippen LogP contribution in [0.1, 0.15) is 25.5 Å². The molecule has 5 nitrogen and oxygen atoms in total. The van der Waals surface area contributed by atoms with E-state index in [-0.39, 0.29) is 18.0 Å². The molecular weight excluding hydrogens is 206 g/mol. The molecule has 0 aromatic carbocycles. The summed E-state index contributed by atoms with van der Waals surface area (Å²) >= 11 is 0. The molecule has 0 spiro atoms. The Labute approximate surface area is 94.6 Å². The SMILES string of the molecule is Cc1coc(NC(=O)C2CC(C)CCN2)n1. The van der Waals surface area contributed by atoms with Crippen molar-refractivity contribution < 1.29 is 9.21 Å². The Balaban J connectivity index is 1.92. The van der Waals surface area contributed by atoms with Gasteiger partial charge in [0.15, 0.2) is 0 Å². The average Bonchev–Trinajstić information content (AvgIpc) is 2.64. The van der Waals surface area contributed by atoms with Crippen molar-refractivity contribution in [1.29, 1.82) is 0 Å². The normalized spacial score (nSPS) is 25.4. The Bertz CT molecular complexity index is 375. The van der Waals surface area contributed by atoms with Gasteiger partial charge in [0.1, 0.15) is 6.26 Å². The van der Waals surface area contributed by atoms with Crippen molar-refractivity contribution in [2.24, 2.45) is 5.92 Å². The number of oxazole rings is 1. The van der Waals surface area contributed by atoms with E-state index < -0.39 is 0 Å². The van der Waals surface area contributed by atoms with E-state index in [1.54, 1.807) is 0 Å². The smallest absolute Gasteiger partial charge is 0.301 e. The Morgan fingerprint density at radius 1 is 1.69 bits per heavy atom. The Hall–Kier alpha value is -1.36. The second-order valence-corrected chi connectivity index (χ2v) is 4.42. The topological polar surface area (TPSA) is 67.2 Å². The van der Waals surface area contributed by atoms with Gasteiger partial charge < -0.3 is 9.73 Å². The van der Waals surface area contributed by atoms with E-state index in [2.05, 4.69) is 22.5 Å². The van der Waals surface area contributed by atoms with Gasteiger partial charge in [-0.25, -0.2) is 0 Å². The highest BCUT2D eigenvalue weighted by Gasteiger charge is 2.25. The molecule has 0 bridgehead atoms. The maximum atomic E-state index is 11.8. The molecular formula is C11H17N3O2. The number of aromatic nitrogens is 1. The molecule has 1 aromatic rings. The van der Waals surface area contributed by atoms with E-state index in [1.807, 2.05) is 6.92 Å². The van der Waals surface area contributed by atoms with Crippen LogP contribution in [0.5, 0.6) is 0 Å². The molecule has 2 unspecified atom stereocenters. The first-order valence-electron chi connectivity index (χ1n) is 5.61. The minimum absolute atomic E-state index is 0.0617. The standard InChI is InChI=1S/C11H17N3O2/c1-7-3-4-12-9(5-7)10(15)14-11-13-8(2)6-16-11/h6-7,9,12H,3-5H2,1-2H3,(H,13,14,15). The minimum atomic E-state index is -0.129. The lowest BCUT2D eigenvalue weighted by molar-refractivity contribution is -0.119. The van der Waals surface area contributed by atoms with Crippen molar-refractivity contribution >= 4 is 11.9 Å². The van der Waals surface area contributed by atoms with E-state index in [1.165, 1.54) is 6.26 Å². The quantitative estimate of drug-likeness (QED) is 0.793. The molecule has 1 fully saturated rings. The predicted molar refractivity (Wildman–Crippen MR) is 60.1 cm³/mol. The number of piperidine rings is 1. The van der Waals surface area contributed by atoms with Gasteiger partial charge >= 0.3 is 6.01 Å². The molecule has 2 rings (SSSR count). The largest absolute Gasteiger partial charge is 0.432 e. The zero-order chi connectivity index (χ0) is 11.5. The molecule has 0 radical (unpaired) electrons. The van der Waals surface area contributed by atoms with Crippen LogP contribution in [0.15, 0.2) is 10.7 Å². The summed E-state index contributed by atoms with van der Waals surface area (Å²) in [5, 5.41) is 5.87. The van der Waals surface area contributed by atoms with Gasteiger partial charge in [-0.1, -0.05) is 6.92 Å². The summed E-state index contributed by atoms with van der Waals surface area (Å²) in [5.41, 5.74) is 0.764. The van der Waals surface area contributed by atoms with E-state index in [0.717, 1.165) is 25.1 Å². The molecule has 1 amide bonds. The van der Waals surface area contributed by atoms with Gasteiger partial charge in [0.25, 0.3) is 0 Å². The summed E-state index contributed by atoms with van der Waals surface area (Å²) in [6.07, 6.45) is 3.51. The van der Waals surface area contributed by atoms with Gasteiger partial charge in [-0.05, 0) is 32.2 Å². The molecule has 0 saturated carbocycles. The third-order valence-electron chi connectivity index (χ3n) is 2.83. The van der Waals surface area contributed by atoms with Crippen LogP contribution in [-0.4, -0.2) is 23.5 Å². The third-order valence-corrected chi connectivity index (χ3v) is 2.83. The molecule has 2 N–H and O–H groups in total. The molecule has 1 saturated heterocycles. The molecule has 2 heterocycles. The molecule has 1 aromatic heterocycles. The van der Waals surface area contributed by atoms with Crippen LogP contribution >= 0.6 is 0 Å². The number of nitrogens with one attached hydrogen (secondary N) is 2. The van der Waals surface area contributed by atoms with E-state index >= 15 is 0 Å². The lowest BCUT2D eigenvalue weighted by atomic mass is 9.94. The van der Waals surface area contributed by atoms with E-state index in [4.69, 9.17) is 4.42 Å². The maximum absolute atomic E-state index is 11.8. The summed E-state index contributed by atoms with van der Waals surface area (Å²) in [6, 6.07) is 0.151. The zero-order valence-corrected chi connectivity index (χ0v) is 9.62. The number of hydrogen-bond donors (Lipinski definition) is 2. The number of anilines is 1. The summed E-state index contributed by atoms with van der Waals surface area (Å²) in [6.45, 7) is 4.88. The summed E-state index contributed by atoms with van der Waals surface area (Å²) in [7, 11) is 0. The summed E-state index contributed by atoms with van der Waals surface area (Å²) in [5.74, 6) is 0.525. The first kappa shape index (κ1) is 11.1. The number of hydrogen-bond acceptors (Lipinski definition) is 4. The van der Waals surface area contributed by atoms with E-state index in [9.17, 15) is 4.79 Å². The molecule has 16 heavy (non-hydrogen) atoms. The van der Waals surface area contributed by atoms with Gasteiger partial charge in [0.05, 0.1) is 11.7 Å². The Morgan fingerprint density at radius 2 is 2.50 bits per heavy atom. The number of carbonyl (C=O) groups is 1. The van der Waals surface area contributed by atoms with Gasteiger partial charge in [0, 0.05) is 0 Å². The van der Waals surface area contributed by atoms with Crippen molar-refractivity contribution in [3.8, 4) is 0 Å². The number of carbonyl (C=O) groups excluding carboxylic acids is 1. The summed E-state index contributed by atoms with van der Waals surface area (Å²) < 4.78 is 5.08. The van der Waals surface area contributed by atoms with E-state index in [0.29, 0.717) is 5.92 Å². The van der Waals surface area contributed by atoms with Crippen molar-refractivity contribution in [3.05, 3.63) is 12.0 Å². The third kappa shape index (κ3) is 2.61. The Morgan fingerprint density at radius 3 is 3.12 bits per heavy atom. The van der Waals surface area contributed by atoms with Gasteiger partial charge in [0.2, 0.25) is 5.91 Å². The molecule has 1 aliphatic heterocycles. The fourth-order valence-corrected chi connectivity index (χ4v) is 1.91. The van der Waals surface area contributed by atoms with Crippen molar-refractivity contribution in [2.45, 2.75) is 32.7 Å². The molecule has 88 valence electrons. The second-order valence-electron chi connectivity index (χ2n) is 4.42. The van der Waals surface area contributed by atoms with Crippen molar-refractivity contribution in [2.75, 3.05) is 11.9 Å².